The fourth-order valence-electron chi connectivity index (χ4n) is 2.73. The van der Waals surface area contributed by atoms with Crippen molar-refractivity contribution in [2.75, 3.05) is 0 Å². The predicted molar refractivity (Wildman–Crippen MR) is 96.6 cm³/mol. The molecule has 0 saturated carbocycles. The van der Waals surface area contributed by atoms with E-state index in [1.165, 1.54) is 11.3 Å². The molecule has 0 aliphatic carbocycles. The van der Waals surface area contributed by atoms with E-state index >= 15 is 0 Å². The number of hydrogen-bond acceptors (Lipinski definition) is 2. The molecule has 0 aliphatic rings. The summed E-state index contributed by atoms with van der Waals surface area (Å²) < 4.78 is 0. The molecule has 1 aromatic carbocycles. The molecule has 0 N–H and O–H groups in total. The summed E-state index contributed by atoms with van der Waals surface area (Å²) in [4.78, 5) is 16.8. The Hall–Kier alpha value is -1.44. The van der Waals surface area contributed by atoms with E-state index in [-0.39, 0.29) is 5.78 Å². The molecule has 0 amide bonds. The molecule has 22 heavy (non-hydrogen) atoms. The number of aliphatic imine (C=N–C) groups is 1. The highest BCUT2D eigenvalue weighted by atomic mass is 16.1. The van der Waals surface area contributed by atoms with Crippen LogP contribution in [0.2, 0.25) is 0 Å². The summed E-state index contributed by atoms with van der Waals surface area (Å²) in [5, 5.41) is 0. The Labute approximate surface area is 136 Å². The molecule has 2 nitrogen and oxygen atoms in total. The standard InChI is InChI=1S/C20H31NO/c1-8-14(5)19(9-2)21-20-15(6)11-17(16(7)22)12-18(20)10-13(3)4/h11-14H,8-10H2,1-7H3. The fourth-order valence-corrected chi connectivity index (χ4v) is 2.73. The second-order valence-corrected chi connectivity index (χ2v) is 6.72. The third kappa shape index (κ3) is 4.79. The van der Waals surface area contributed by atoms with Crippen molar-refractivity contribution in [3.05, 3.63) is 28.8 Å². The van der Waals surface area contributed by atoms with E-state index in [1.54, 1.807) is 6.92 Å². The average Bonchev–Trinajstić information content (AvgIpc) is 2.44. The Balaban J connectivity index is 3.44. The Morgan fingerprint density at radius 1 is 1.18 bits per heavy atom. The van der Waals surface area contributed by atoms with Gasteiger partial charge in [0.15, 0.2) is 5.78 Å². The molecular formula is C20H31NO. The van der Waals surface area contributed by atoms with Gasteiger partial charge in [-0.2, -0.15) is 0 Å². The number of hydrogen-bond donors (Lipinski definition) is 0. The molecule has 1 rings (SSSR count). The number of rotatable bonds is 7. The Kier molecular flexibility index (Phi) is 6.99. The zero-order chi connectivity index (χ0) is 16.9. The topological polar surface area (TPSA) is 29.4 Å². The van der Waals surface area contributed by atoms with Gasteiger partial charge in [-0.15, -0.1) is 0 Å². The zero-order valence-corrected chi connectivity index (χ0v) is 15.3. The summed E-state index contributed by atoms with van der Waals surface area (Å²) in [6.07, 6.45) is 3.04. The lowest BCUT2D eigenvalue weighted by atomic mass is 9.94. The minimum absolute atomic E-state index is 0.126. The van der Waals surface area contributed by atoms with E-state index in [0.29, 0.717) is 11.8 Å². The average molecular weight is 301 g/mol. The van der Waals surface area contributed by atoms with Gasteiger partial charge in [0, 0.05) is 11.3 Å². The summed E-state index contributed by atoms with van der Waals surface area (Å²) >= 11 is 0. The number of nitrogens with zero attached hydrogens (tertiary/aromatic N) is 1. The SMILES string of the molecule is CCC(=Nc1c(C)cc(C(C)=O)cc1CC(C)C)C(C)CC. The molecule has 122 valence electrons. The van der Waals surface area contributed by atoms with E-state index < -0.39 is 0 Å². The first-order valence-electron chi connectivity index (χ1n) is 8.51. The minimum Gasteiger partial charge on any atom is -0.295 e. The molecule has 0 aromatic heterocycles. The van der Waals surface area contributed by atoms with Crippen LogP contribution in [0.4, 0.5) is 5.69 Å². The van der Waals surface area contributed by atoms with E-state index in [2.05, 4.69) is 41.5 Å². The van der Waals surface area contributed by atoms with Gasteiger partial charge in [-0.25, -0.2) is 0 Å². The quantitative estimate of drug-likeness (QED) is 0.453. The number of aryl methyl sites for hydroxylation is 1. The molecule has 0 bridgehead atoms. The number of carbonyl (C=O) groups is 1. The van der Waals surface area contributed by atoms with Crippen LogP contribution >= 0.6 is 0 Å². The predicted octanol–water partition coefficient (Wildman–Crippen LogP) is 5.92. The Bertz CT molecular complexity index is 555. The largest absolute Gasteiger partial charge is 0.295 e. The third-order valence-corrected chi connectivity index (χ3v) is 4.21. The molecule has 1 atom stereocenters. The van der Waals surface area contributed by atoms with Crippen LogP contribution in [0.5, 0.6) is 0 Å². The number of benzene rings is 1. The summed E-state index contributed by atoms with van der Waals surface area (Å²) in [6.45, 7) is 14.7. The Morgan fingerprint density at radius 2 is 1.82 bits per heavy atom. The van der Waals surface area contributed by atoms with E-state index in [9.17, 15) is 4.79 Å². The maximum absolute atomic E-state index is 11.7. The third-order valence-electron chi connectivity index (χ3n) is 4.21. The van der Waals surface area contributed by atoms with Crippen LogP contribution < -0.4 is 0 Å². The molecule has 1 unspecified atom stereocenters. The summed E-state index contributed by atoms with van der Waals surface area (Å²) in [5.74, 6) is 1.18. The number of Topliss-reactive ketones (excluding diaryl/α,β-unsaturated/α-hetero) is 1. The molecule has 0 spiro atoms. The van der Waals surface area contributed by atoms with Crippen molar-refractivity contribution in [3.63, 3.8) is 0 Å². The number of ketones is 1. The van der Waals surface area contributed by atoms with Crippen molar-refractivity contribution >= 4 is 17.2 Å². The summed E-state index contributed by atoms with van der Waals surface area (Å²) in [5.41, 5.74) is 5.45. The van der Waals surface area contributed by atoms with Crippen molar-refractivity contribution in [2.24, 2.45) is 16.8 Å². The molecule has 0 saturated heterocycles. The van der Waals surface area contributed by atoms with Crippen LogP contribution in [0, 0.1) is 18.8 Å². The van der Waals surface area contributed by atoms with Crippen LogP contribution in [-0.4, -0.2) is 11.5 Å². The van der Waals surface area contributed by atoms with Crippen molar-refractivity contribution < 1.29 is 4.79 Å². The van der Waals surface area contributed by atoms with Gasteiger partial charge in [0.2, 0.25) is 0 Å². The lowest BCUT2D eigenvalue weighted by molar-refractivity contribution is 0.101. The highest BCUT2D eigenvalue weighted by Gasteiger charge is 2.14. The van der Waals surface area contributed by atoms with Gasteiger partial charge < -0.3 is 0 Å². The van der Waals surface area contributed by atoms with Crippen molar-refractivity contribution in [1.29, 1.82) is 0 Å². The molecule has 0 aliphatic heterocycles. The maximum atomic E-state index is 11.7. The highest BCUT2D eigenvalue weighted by molar-refractivity contribution is 5.95. The van der Waals surface area contributed by atoms with E-state index in [4.69, 9.17) is 4.99 Å². The highest BCUT2D eigenvalue weighted by Crippen LogP contribution is 2.30. The molecule has 2 heteroatoms. The van der Waals surface area contributed by atoms with E-state index in [1.807, 2.05) is 12.1 Å². The second kappa shape index (κ2) is 8.26. The van der Waals surface area contributed by atoms with Crippen molar-refractivity contribution in [2.45, 2.75) is 67.7 Å². The summed E-state index contributed by atoms with van der Waals surface area (Å²) in [6, 6.07) is 4.02. The first kappa shape index (κ1) is 18.6. The normalized spacial score (nSPS) is 13.5. The number of carbonyl (C=O) groups excluding carboxylic acids is 1. The van der Waals surface area contributed by atoms with Gasteiger partial charge in [-0.3, -0.25) is 9.79 Å². The van der Waals surface area contributed by atoms with Gasteiger partial charge in [0.05, 0.1) is 5.69 Å². The lowest BCUT2D eigenvalue weighted by Crippen LogP contribution is -2.09. The van der Waals surface area contributed by atoms with Gasteiger partial charge in [0.1, 0.15) is 0 Å². The minimum atomic E-state index is 0.126. The summed E-state index contributed by atoms with van der Waals surface area (Å²) in [7, 11) is 0. The van der Waals surface area contributed by atoms with Gasteiger partial charge >= 0.3 is 0 Å². The maximum Gasteiger partial charge on any atom is 0.159 e. The second-order valence-electron chi connectivity index (χ2n) is 6.72. The van der Waals surface area contributed by atoms with Gasteiger partial charge in [0.25, 0.3) is 0 Å². The van der Waals surface area contributed by atoms with Crippen LogP contribution in [0.15, 0.2) is 17.1 Å². The van der Waals surface area contributed by atoms with Crippen LogP contribution in [-0.2, 0) is 6.42 Å². The van der Waals surface area contributed by atoms with Crippen molar-refractivity contribution in [1.82, 2.24) is 0 Å². The van der Waals surface area contributed by atoms with Gasteiger partial charge in [-0.05, 0) is 68.2 Å². The smallest absolute Gasteiger partial charge is 0.159 e. The lowest BCUT2D eigenvalue weighted by Gasteiger charge is -2.16. The van der Waals surface area contributed by atoms with Crippen LogP contribution in [0.25, 0.3) is 0 Å². The first-order valence-corrected chi connectivity index (χ1v) is 8.51. The molecule has 0 radical (unpaired) electrons. The Morgan fingerprint density at radius 3 is 2.27 bits per heavy atom. The molecule has 1 aromatic rings. The zero-order valence-electron chi connectivity index (χ0n) is 15.3. The molecule has 0 fully saturated rings. The fraction of sp³-hybridized carbons (Fsp3) is 0.600. The molecule has 0 heterocycles. The molecular weight excluding hydrogens is 270 g/mol. The van der Waals surface area contributed by atoms with Crippen LogP contribution in [0.3, 0.4) is 0 Å². The van der Waals surface area contributed by atoms with Crippen molar-refractivity contribution in [3.8, 4) is 0 Å². The van der Waals surface area contributed by atoms with E-state index in [0.717, 1.165) is 36.1 Å². The monoisotopic (exact) mass is 301 g/mol. The van der Waals surface area contributed by atoms with Crippen LogP contribution in [0.1, 0.15) is 75.9 Å². The van der Waals surface area contributed by atoms with Gasteiger partial charge in [-0.1, -0.05) is 34.6 Å². The first-order chi connectivity index (χ1) is 10.3.